The molecule has 0 fully saturated rings. The third-order valence-electron chi connectivity index (χ3n) is 2.65. The summed E-state index contributed by atoms with van der Waals surface area (Å²) >= 11 is 0. The van der Waals surface area contributed by atoms with Crippen LogP contribution in [0.15, 0.2) is 53.8 Å². The number of rotatable bonds is 4. The molecule has 0 radical (unpaired) electrons. The van der Waals surface area contributed by atoms with E-state index in [0.29, 0.717) is 0 Å². The van der Waals surface area contributed by atoms with Crippen molar-refractivity contribution in [3.63, 3.8) is 0 Å². The number of para-hydroxylation sites is 2. The lowest BCUT2D eigenvalue weighted by Gasteiger charge is -2.20. The minimum absolute atomic E-state index is 0.856. The van der Waals surface area contributed by atoms with E-state index in [1.165, 1.54) is 0 Å². The molecular weight excluding hydrogens is 264 g/mol. The van der Waals surface area contributed by atoms with Gasteiger partial charge in [0.05, 0.1) is 0 Å². The first-order valence-electron chi connectivity index (χ1n) is 6.69. The average molecular weight is 284 g/mol. The van der Waals surface area contributed by atoms with E-state index in [4.69, 9.17) is 4.43 Å². The number of aliphatic imine (C=N–C) groups is 1. The van der Waals surface area contributed by atoms with Crippen LogP contribution in [0.5, 0.6) is 5.75 Å². The molecule has 4 heteroatoms. The van der Waals surface area contributed by atoms with E-state index in [1.54, 1.807) is 6.20 Å². The summed E-state index contributed by atoms with van der Waals surface area (Å²) in [6.45, 7) is 8.49. The molecule has 0 amide bonds. The molecular formula is C16H20N2OSi. The van der Waals surface area contributed by atoms with Gasteiger partial charge in [-0.25, -0.2) is 4.99 Å². The predicted octanol–water partition coefficient (Wildman–Crippen LogP) is 4.44. The number of nitrogens with zero attached hydrogens (tertiary/aromatic N) is 2. The van der Waals surface area contributed by atoms with E-state index < -0.39 is 8.32 Å². The molecule has 1 heterocycles. The monoisotopic (exact) mass is 284 g/mol. The third kappa shape index (κ3) is 4.03. The van der Waals surface area contributed by atoms with Gasteiger partial charge in [0, 0.05) is 23.7 Å². The Morgan fingerprint density at radius 3 is 2.50 bits per heavy atom. The molecule has 104 valence electrons. The van der Waals surface area contributed by atoms with Gasteiger partial charge in [-0.05, 0) is 44.8 Å². The lowest BCUT2D eigenvalue weighted by molar-refractivity contribution is 0.559. The van der Waals surface area contributed by atoms with Crippen molar-refractivity contribution in [2.75, 3.05) is 0 Å². The Hall–Kier alpha value is -1.94. The Labute approximate surface area is 121 Å². The number of hydrogen-bond donors (Lipinski definition) is 0. The van der Waals surface area contributed by atoms with Crippen molar-refractivity contribution in [3.05, 3.63) is 54.4 Å². The molecule has 0 saturated carbocycles. The Bertz CT molecular complexity index is 603. The first-order chi connectivity index (χ1) is 9.46. The molecule has 0 N–H and O–H groups in total. The standard InChI is InChI=1S/C16H20N2OSi/c1-13(14-8-7-11-17-12-14)18-15-9-5-6-10-16(15)19-20(2,3)4/h5-12H,1-4H3. The Kier molecular flexibility index (Phi) is 4.34. The van der Waals surface area contributed by atoms with Gasteiger partial charge in [-0.3, -0.25) is 4.98 Å². The zero-order chi connectivity index (χ0) is 14.6. The van der Waals surface area contributed by atoms with Crippen molar-refractivity contribution in [1.82, 2.24) is 4.98 Å². The second-order valence-electron chi connectivity index (χ2n) is 5.62. The van der Waals surface area contributed by atoms with Gasteiger partial charge in [-0.15, -0.1) is 0 Å². The van der Waals surface area contributed by atoms with Crippen LogP contribution in [0.1, 0.15) is 12.5 Å². The maximum Gasteiger partial charge on any atom is 0.242 e. The van der Waals surface area contributed by atoms with Crippen LogP contribution in [-0.4, -0.2) is 19.0 Å². The molecule has 0 spiro atoms. The van der Waals surface area contributed by atoms with Crippen LogP contribution in [0.25, 0.3) is 0 Å². The highest BCUT2D eigenvalue weighted by Crippen LogP contribution is 2.29. The zero-order valence-electron chi connectivity index (χ0n) is 12.4. The molecule has 2 rings (SSSR count). The van der Waals surface area contributed by atoms with Gasteiger partial charge in [-0.1, -0.05) is 18.2 Å². The Morgan fingerprint density at radius 1 is 1.10 bits per heavy atom. The minimum atomic E-state index is -1.64. The summed E-state index contributed by atoms with van der Waals surface area (Å²) in [5.74, 6) is 0.856. The molecule has 0 atom stereocenters. The van der Waals surface area contributed by atoms with E-state index in [2.05, 4.69) is 29.6 Å². The van der Waals surface area contributed by atoms with Crippen molar-refractivity contribution in [2.45, 2.75) is 26.6 Å². The zero-order valence-corrected chi connectivity index (χ0v) is 13.4. The quantitative estimate of drug-likeness (QED) is 0.614. The van der Waals surface area contributed by atoms with E-state index in [0.717, 1.165) is 22.7 Å². The Balaban J connectivity index is 2.34. The van der Waals surface area contributed by atoms with Crippen molar-refractivity contribution < 1.29 is 4.43 Å². The Morgan fingerprint density at radius 2 is 1.85 bits per heavy atom. The maximum absolute atomic E-state index is 6.09. The van der Waals surface area contributed by atoms with Crippen LogP contribution in [0.2, 0.25) is 19.6 Å². The van der Waals surface area contributed by atoms with Crippen LogP contribution in [0.4, 0.5) is 5.69 Å². The highest BCUT2D eigenvalue weighted by Gasteiger charge is 2.17. The highest BCUT2D eigenvalue weighted by atomic mass is 28.4. The minimum Gasteiger partial charge on any atom is -0.543 e. The third-order valence-corrected chi connectivity index (χ3v) is 3.48. The van der Waals surface area contributed by atoms with Crippen molar-refractivity contribution >= 4 is 19.7 Å². The summed E-state index contributed by atoms with van der Waals surface area (Å²) in [4.78, 5) is 8.81. The highest BCUT2D eigenvalue weighted by molar-refractivity contribution is 6.70. The summed E-state index contributed by atoms with van der Waals surface area (Å²) in [6.07, 6.45) is 3.58. The van der Waals surface area contributed by atoms with Crippen molar-refractivity contribution in [1.29, 1.82) is 0 Å². The molecule has 1 aromatic carbocycles. The first kappa shape index (κ1) is 14.5. The first-order valence-corrected chi connectivity index (χ1v) is 10.1. The average Bonchev–Trinajstić information content (AvgIpc) is 2.40. The smallest absolute Gasteiger partial charge is 0.242 e. The van der Waals surface area contributed by atoms with Gasteiger partial charge in [0.15, 0.2) is 0 Å². The van der Waals surface area contributed by atoms with Crippen molar-refractivity contribution in [2.24, 2.45) is 4.99 Å². The van der Waals surface area contributed by atoms with Crippen molar-refractivity contribution in [3.8, 4) is 5.75 Å². The molecule has 0 aliphatic rings. The van der Waals surface area contributed by atoms with Gasteiger partial charge in [-0.2, -0.15) is 0 Å². The van der Waals surface area contributed by atoms with Crippen LogP contribution in [-0.2, 0) is 0 Å². The van der Waals surface area contributed by atoms with Crippen LogP contribution >= 0.6 is 0 Å². The fraction of sp³-hybridized carbons (Fsp3) is 0.250. The van der Waals surface area contributed by atoms with Gasteiger partial charge in [0.25, 0.3) is 0 Å². The fourth-order valence-corrected chi connectivity index (χ4v) is 2.62. The molecule has 20 heavy (non-hydrogen) atoms. The van der Waals surface area contributed by atoms with E-state index >= 15 is 0 Å². The second kappa shape index (κ2) is 6.01. The molecule has 2 aromatic rings. The lowest BCUT2D eigenvalue weighted by atomic mass is 10.2. The molecule has 0 saturated heterocycles. The van der Waals surface area contributed by atoms with Crippen LogP contribution in [0.3, 0.4) is 0 Å². The molecule has 0 aliphatic heterocycles. The second-order valence-corrected chi connectivity index (χ2v) is 10.0. The normalized spacial score (nSPS) is 12.3. The van der Waals surface area contributed by atoms with Gasteiger partial charge < -0.3 is 4.43 Å². The van der Waals surface area contributed by atoms with Crippen LogP contribution < -0.4 is 4.43 Å². The van der Waals surface area contributed by atoms with Crippen LogP contribution in [0, 0.1) is 0 Å². The van der Waals surface area contributed by atoms with Gasteiger partial charge in [0.2, 0.25) is 8.32 Å². The fourth-order valence-electron chi connectivity index (χ4n) is 1.79. The van der Waals surface area contributed by atoms with Gasteiger partial charge in [0.1, 0.15) is 11.4 Å². The molecule has 1 aromatic heterocycles. The van der Waals surface area contributed by atoms with E-state index in [-0.39, 0.29) is 0 Å². The summed E-state index contributed by atoms with van der Waals surface area (Å²) in [6, 6.07) is 11.8. The van der Waals surface area contributed by atoms with Gasteiger partial charge >= 0.3 is 0 Å². The number of hydrogen-bond acceptors (Lipinski definition) is 3. The molecule has 0 bridgehead atoms. The number of benzene rings is 1. The maximum atomic E-state index is 6.09. The largest absolute Gasteiger partial charge is 0.543 e. The molecule has 3 nitrogen and oxygen atoms in total. The SMILES string of the molecule is CC(=Nc1ccccc1O[Si](C)(C)C)c1cccnc1. The summed E-state index contributed by atoms with van der Waals surface area (Å²) in [5, 5.41) is 0. The molecule has 0 unspecified atom stereocenters. The predicted molar refractivity (Wildman–Crippen MR) is 86.5 cm³/mol. The summed E-state index contributed by atoms with van der Waals surface area (Å²) in [7, 11) is -1.64. The topological polar surface area (TPSA) is 34.5 Å². The lowest BCUT2D eigenvalue weighted by Crippen LogP contribution is -2.29. The number of aromatic nitrogens is 1. The number of pyridine rings is 1. The summed E-state index contributed by atoms with van der Waals surface area (Å²) < 4.78 is 6.09. The van der Waals surface area contributed by atoms with E-state index in [9.17, 15) is 0 Å². The summed E-state index contributed by atoms with van der Waals surface area (Å²) in [5.41, 5.74) is 2.83. The van der Waals surface area contributed by atoms with E-state index in [1.807, 2.05) is 49.5 Å². The molecule has 0 aliphatic carbocycles.